The molecule has 0 spiro atoms. The summed E-state index contributed by atoms with van der Waals surface area (Å²) in [5.41, 5.74) is 1.81. The second-order valence-electron chi connectivity index (χ2n) is 4.64. The lowest BCUT2D eigenvalue weighted by Gasteiger charge is -2.19. The van der Waals surface area contributed by atoms with Crippen molar-refractivity contribution in [2.75, 3.05) is 18.0 Å². The first-order chi connectivity index (χ1) is 10.2. The average Bonchev–Trinajstić information content (AvgIpc) is 2.94. The molecule has 6 heteroatoms. The minimum Gasteiger partial charge on any atom is -0.356 e. The van der Waals surface area contributed by atoms with Gasteiger partial charge in [-0.1, -0.05) is 15.9 Å². The van der Waals surface area contributed by atoms with E-state index in [-0.39, 0.29) is 0 Å². The number of halogens is 1. The maximum absolute atomic E-state index is 4.48. The van der Waals surface area contributed by atoms with Crippen LogP contribution in [-0.2, 0) is 0 Å². The summed E-state index contributed by atoms with van der Waals surface area (Å²) in [7, 11) is 0. The van der Waals surface area contributed by atoms with Crippen LogP contribution in [-0.4, -0.2) is 32.8 Å². The van der Waals surface area contributed by atoms with E-state index in [1.54, 1.807) is 6.33 Å². The highest BCUT2D eigenvalue weighted by molar-refractivity contribution is 9.10. The van der Waals surface area contributed by atoms with Crippen molar-refractivity contribution < 1.29 is 0 Å². The normalized spacial score (nSPS) is 11.0. The molecule has 0 fully saturated rings. The minimum absolute atomic E-state index is 0.828. The first kappa shape index (κ1) is 14.0. The smallest absolute Gasteiger partial charge is 0.168 e. The van der Waals surface area contributed by atoms with Crippen LogP contribution in [0.1, 0.15) is 13.8 Å². The van der Waals surface area contributed by atoms with Crippen LogP contribution in [0, 0.1) is 0 Å². The molecular weight excluding hydrogens is 330 g/mol. The van der Waals surface area contributed by atoms with Gasteiger partial charge in [-0.15, -0.1) is 0 Å². The standard InChI is InChI=1S/C15H16BrN5/c1-3-20(4-2)14-13-9-19-21(15(13)18-10-17-14)12-7-5-11(16)6-8-12/h5-10H,3-4H2,1-2H3. The van der Waals surface area contributed by atoms with Crippen LogP contribution in [0.2, 0.25) is 0 Å². The number of hydrogen-bond donors (Lipinski definition) is 0. The van der Waals surface area contributed by atoms with Gasteiger partial charge in [-0.3, -0.25) is 0 Å². The summed E-state index contributed by atoms with van der Waals surface area (Å²) in [6.07, 6.45) is 3.44. The van der Waals surface area contributed by atoms with Crippen LogP contribution >= 0.6 is 15.9 Å². The Bertz CT molecular complexity index is 746. The molecule has 0 amide bonds. The topological polar surface area (TPSA) is 46.8 Å². The fourth-order valence-electron chi connectivity index (χ4n) is 2.38. The van der Waals surface area contributed by atoms with Crippen LogP contribution in [0.4, 0.5) is 5.82 Å². The van der Waals surface area contributed by atoms with Crippen LogP contribution in [0.25, 0.3) is 16.7 Å². The Labute approximate surface area is 131 Å². The van der Waals surface area contributed by atoms with Gasteiger partial charge in [-0.25, -0.2) is 14.6 Å². The summed E-state index contributed by atoms with van der Waals surface area (Å²) in [5.74, 6) is 0.938. The summed E-state index contributed by atoms with van der Waals surface area (Å²) in [5, 5.41) is 5.46. The zero-order valence-electron chi connectivity index (χ0n) is 12.0. The number of benzene rings is 1. The molecule has 3 rings (SSSR count). The van der Waals surface area contributed by atoms with Gasteiger partial charge < -0.3 is 4.90 Å². The summed E-state index contributed by atoms with van der Waals surface area (Å²) in [4.78, 5) is 11.0. The summed E-state index contributed by atoms with van der Waals surface area (Å²) >= 11 is 3.45. The molecule has 0 aliphatic heterocycles. The highest BCUT2D eigenvalue weighted by atomic mass is 79.9. The van der Waals surface area contributed by atoms with Gasteiger partial charge in [-0.2, -0.15) is 5.10 Å². The molecule has 5 nitrogen and oxygen atoms in total. The maximum Gasteiger partial charge on any atom is 0.168 e. The van der Waals surface area contributed by atoms with E-state index in [1.807, 2.05) is 35.1 Å². The van der Waals surface area contributed by atoms with E-state index in [9.17, 15) is 0 Å². The zero-order chi connectivity index (χ0) is 14.8. The van der Waals surface area contributed by atoms with E-state index >= 15 is 0 Å². The molecule has 0 saturated heterocycles. The molecule has 1 aromatic carbocycles. The Morgan fingerprint density at radius 3 is 2.48 bits per heavy atom. The van der Waals surface area contributed by atoms with Gasteiger partial charge in [0.2, 0.25) is 0 Å². The SMILES string of the molecule is CCN(CC)c1ncnc2c1cnn2-c1ccc(Br)cc1. The lowest BCUT2D eigenvalue weighted by molar-refractivity contribution is 0.847. The second kappa shape index (κ2) is 5.81. The molecule has 0 aliphatic rings. The number of nitrogens with zero attached hydrogens (tertiary/aromatic N) is 5. The second-order valence-corrected chi connectivity index (χ2v) is 5.56. The van der Waals surface area contributed by atoms with Gasteiger partial charge >= 0.3 is 0 Å². The summed E-state index contributed by atoms with van der Waals surface area (Å²) in [6, 6.07) is 8.01. The van der Waals surface area contributed by atoms with Crippen molar-refractivity contribution >= 4 is 32.8 Å². The Morgan fingerprint density at radius 2 is 1.81 bits per heavy atom. The molecule has 21 heavy (non-hydrogen) atoms. The molecule has 108 valence electrons. The lowest BCUT2D eigenvalue weighted by atomic mass is 10.3. The fraction of sp³-hybridized carbons (Fsp3) is 0.267. The lowest BCUT2D eigenvalue weighted by Crippen LogP contribution is -2.23. The molecule has 0 N–H and O–H groups in total. The third-order valence-corrected chi connectivity index (χ3v) is 4.01. The molecule has 0 atom stereocenters. The molecule has 2 aromatic heterocycles. The van der Waals surface area contributed by atoms with Crippen molar-refractivity contribution in [3.63, 3.8) is 0 Å². The van der Waals surface area contributed by atoms with E-state index in [4.69, 9.17) is 0 Å². The Hall–Kier alpha value is -1.95. The van der Waals surface area contributed by atoms with Crippen LogP contribution in [0.5, 0.6) is 0 Å². The summed E-state index contributed by atoms with van der Waals surface area (Å²) < 4.78 is 2.89. The number of rotatable bonds is 4. The number of anilines is 1. The highest BCUT2D eigenvalue weighted by Crippen LogP contribution is 2.24. The van der Waals surface area contributed by atoms with Gasteiger partial charge in [0.15, 0.2) is 5.65 Å². The van der Waals surface area contributed by atoms with E-state index < -0.39 is 0 Å². The Balaban J connectivity index is 2.15. The Kier molecular flexibility index (Phi) is 3.88. The zero-order valence-corrected chi connectivity index (χ0v) is 13.6. The van der Waals surface area contributed by atoms with Crippen molar-refractivity contribution in [2.45, 2.75) is 13.8 Å². The van der Waals surface area contributed by atoms with Crippen LogP contribution in [0.15, 0.2) is 41.3 Å². The molecule has 0 aliphatic carbocycles. The molecule has 0 unspecified atom stereocenters. The number of hydrogen-bond acceptors (Lipinski definition) is 4. The van der Waals surface area contributed by atoms with Crippen molar-refractivity contribution in [3.05, 3.63) is 41.3 Å². The molecule has 0 saturated carbocycles. The molecular formula is C15H16BrN5. The van der Waals surface area contributed by atoms with Crippen molar-refractivity contribution in [2.24, 2.45) is 0 Å². The van der Waals surface area contributed by atoms with Crippen molar-refractivity contribution in [1.82, 2.24) is 19.7 Å². The predicted molar refractivity (Wildman–Crippen MR) is 87.9 cm³/mol. The minimum atomic E-state index is 0.828. The van der Waals surface area contributed by atoms with Gasteiger partial charge in [0.25, 0.3) is 0 Å². The average molecular weight is 346 g/mol. The van der Waals surface area contributed by atoms with Crippen molar-refractivity contribution in [3.8, 4) is 5.69 Å². The molecule has 3 aromatic rings. The fourth-order valence-corrected chi connectivity index (χ4v) is 2.64. The van der Waals surface area contributed by atoms with E-state index in [2.05, 4.69) is 49.7 Å². The van der Waals surface area contributed by atoms with E-state index in [1.165, 1.54) is 0 Å². The number of fused-ring (bicyclic) bond motifs is 1. The van der Waals surface area contributed by atoms with Crippen LogP contribution < -0.4 is 4.90 Å². The maximum atomic E-state index is 4.48. The van der Waals surface area contributed by atoms with E-state index in [0.717, 1.165) is 40.1 Å². The van der Waals surface area contributed by atoms with Gasteiger partial charge in [0.1, 0.15) is 12.1 Å². The summed E-state index contributed by atoms with van der Waals surface area (Å²) in [6.45, 7) is 6.06. The quantitative estimate of drug-likeness (QED) is 0.726. The monoisotopic (exact) mass is 345 g/mol. The largest absolute Gasteiger partial charge is 0.356 e. The van der Waals surface area contributed by atoms with E-state index in [0.29, 0.717) is 0 Å². The van der Waals surface area contributed by atoms with Gasteiger partial charge in [0.05, 0.1) is 17.3 Å². The van der Waals surface area contributed by atoms with Gasteiger partial charge in [-0.05, 0) is 38.1 Å². The molecule has 0 bridgehead atoms. The van der Waals surface area contributed by atoms with Crippen LogP contribution in [0.3, 0.4) is 0 Å². The van der Waals surface area contributed by atoms with Gasteiger partial charge in [0, 0.05) is 17.6 Å². The molecule has 0 radical (unpaired) electrons. The Morgan fingerprint density at radius 1 is 1.10 bits per heavy atom. The first-order valence-electron chi connectivity index (χ1n) is 6.94. The predicted octanol–water partition coefficient (Wildman–Crippen LogP) is 3.42. The van der Waals surface area contributed by atoms with Crippen molar-refractivity contribution in [1.29, 1.82) is 0 Å². The first-order valence-corrected chi connectivity index (χ1v) is 7.73. The molecule has 2 heterocycles. The number of aromatic nitrogens is 4. The third-order valence-electron chi connectivity index (χ3n) is 3.48. The highest BCUT2D eigenvalue weighted by Gasteiger charge is 2.14. The third kappa shape index (κ3) is 2.51.